The lowest BCUT2D eigenvalue weighted by atomic mass is 10.1. The molecule has 17 heavy (non-hydrogen) atoms. The van der Waals surface area contributed by atoms with Crippen molar-refractivity contribution >= 4 is 0 Å². The zero-order chi connectivity index (χ0) is 12.3. The molecular formula is C13H15N3O. The van der Waals surface area contributed by atoms with Gasteiger partial charge in [0.1, 0.15) is 5.82 Å². The first-order valence-corrected chi connectivity index (χ1v) is 5.64. The van der Waals surface area contributed by atoms with Crippen molar-refractivity contribution in [2.24, 2.45) is 0 Å². The second kappa shape index (κ2) is 4.91. The van der Waals surface area contributed by atoms with Crippen molar-refractivity contribution in [3.05, 3.63) is 58.0 Å². The zero-order valence-electron chi connectivity index (χ0n) is 9.97. The largest absolute Gasteiger partial charge is 0.310 e. The molecule has 4 nitrogen and oxygen atoms in total. The van der Waals surface area contributed by atoms with Crippen LogP contribution < -0.4 is 5.56 Å². The molecule has 0 aliphatic heterocycles. The van der Waals surface area contributed by atoms with Gasteiger partial charge in [0.05, 0.1) is 5.69 Å². The van der Waals surface area contributed by atoms with Gasteiger partial charge in [-0.05, 0) is 11.6 Å². The van der Waals surface area contributed by atoms with E-state index in [0.29, 0.717) is 6.42 Å². The fraction of sp³-hybridized carbons (Fsp3) is 0.308. The maximum atomic E-state index is 11.5. The van der Waals surface area contributed by atoms with Crippen LogP contribution in [0.4, 0.5) is 0 Å². The molecule has 4 heteroatoms. The Hall–Kier alpha value is -1.97. The maximum absolute atomic E-state index is 11.5. The monoisotopic (exact) mass is 229 g/mol. The highest BCUT2D eigenvalue weighted by atomic mass is 16.1. The van der Waals surface area contributed by atoms with Crippen LogP contribution in [0.5, 0.6) is 0 Å². The van der Waals surface area contributed by atoms with Crippen molar-refractivity contribution in [1.29, 1.82) is 0 Å². The predicted molar refractivity (Wildman–Crippen MR) is 66.0 cm³/mol. The second-order valence-corrected chi connectivity index (χ2v) is 4.31. The van der Waals surface area contributed by atoms with E-state index in [4.69, 9.17) is 0 Å². The molecule has 0 radical (unpaired) electrons. The summed E-state index contributed by atoms with van der Waals surface area (Å²) in [6, 6.07) is 5.40. The number of nitrogens with zero attached hydrogens (tertiary/aromatic N) is 2. The summed E-state index contributed by atoms with van der Waals surface area (Å²) in [6.07, 6.45) is 4.16. The highest BCUT2D eigenvalue weighted by Crippen LogP contribution is 2.09. The Morgan fingerprint density at radius 3 is 2.88 bits per heavy atom. The molecule has 0 unspecified atom stereocenters. The molecule has 0 aliphatic rings. The molecule has 0 saturated heterocycles. The third-order valence-electron chi connectivity index (χ3n) is 2.47. The summed E-state index contributed by atoms with van der Waals surface area (Å²) >= 11 is 0. The third kappa shape index (κ3) is 3.00. The van der Waals surface area contributed by atoms with Gasteiger partial charge in [0, 0.05) is 30.8 Å². The van der Waals surface area contributed by atoms with Crippen LogP contribution in [0.15, 0.2) is 35.4 Å². The van der Waals surface area contributed by atoms with Crippen LogP contribution in [0, 0.1) is 0 Å². The number of H-pyrrole nitrogens is 1. The van der Waals surface area contributed by atoms with E-state index in [-0.39, 0.29) is 11.5 Å². The van der Waals surface area contributed by atoms with Crippen molar-refractivity contribution in [2.45, 2.75) is 26.2 Å². The Morgan fingerprint density at radius 2 is 2.24 bits per heavy atom. The fourth-order valence-electron chi connectivity index (χ4n) is 1.60. The first kappa shape index (κ1) is 11.5. The fourth-order valence-corrected chi connectivity index (χ4v) is 1.60. The van der Waals surface area contributed by atoms with Crippen LogP contribution in [0.3, 0.4) is 0 Å². The molecule has 88 valence electrons. The van der Waals surface area contributed by atoms with Crippen LogP contribution in [-0.2, 0) is 6.42 Å². The number of aromatic amines is 1. The standard InChI is InChI=1S/C13H15N3O/c1-9(2)13-15-11(7-12(17)16-13)6-10-4-3-5-14-8-10/h3-5,7-9H,6H2,1-2H3,(H,15,16,17). The van der Waals surface area contributed by atoms with Crippen LogP contribution in [0.1, 0.15) is 36.8 Å². The molecule has 0 aromatic carbocycles. The molecule has 0 aliphatic carbocycles. The molecule has 2 aromatic heterocycles. The second-order valence-electron chi connectivity index (χ2n) is 4.31. The van der Waals surface area contributed by atoms with Crippen LogP contribution >= 0.6 is 0 Å². The van der Waals surface area contributed by atoms with E-state index >= 15 is 0 Å². The number of aromatic nitrogens is 3. The van der Waals surface area contributed by atoms with E-state index in [0.717, 1.165) is 17.1 Å². The lowest BCUT2D eigenvalue weighted by Gasteiger charge is -2.06. The number of pyridine rings is 1. The lowest BCUT2D eigenvalue weighted by molar-refractivity contribution is 0.752. The molecule has 0 fully saturated rings. The van der Waals surface area contributed by atoms with Gasteiger partial charge in [0.15, 0.2) is 0 Å². The van der Waals surface area contributed by atoms with Gasteiger partial charge in [-0.15, -0.1) is 0 Å². The smallest absolute Gasteiger partial charge is 0.251 e. The van der Waals surface area contributed by atoms with Crippen LogP contribution in [-0.4, -0.2) is 15.0 Å². The van der Waals surface area contributed by atoms with Gasteiger partial charge in [-0.25, -0.2) is 4.98 Å². The summed E-state index contributed by atoms with van der Waals surface area (Å²) in [5.41, 5.74) is 1.74. The van der Waals surface area contributed by atoms with E-state index in [1.165, 1.54) is 0 Å². The number of hydrogen-bond donors (Lipinski definition) is 1. The Balaban J connectivity index is 2.30. The summed E-state index contributed by atoms with van der Waals surface area (Å²) < 4.78 is 0. The highest BCUT2D eigenvalue weighted by Gasteiger charge is 2.05. The molecule has 1 N–H and O–H groups in total. The molecule has 0 atom stereocenters. The van der Waals surface area contributed by atoms with E-state index in [1.807, 2.05) is 26.0 Å². The molecule has 2 rings (SSSR count). The highest BCUT2D eigenvalue weighted by molar-refractivity contribution is 5.18. The topological polar surface area (TPSA) is 58.6 Å². The van der Waals surface area contributed by atoms with Crippen molar-refractivity contribution < 1.29 is 0 Å². The molecule has 0 saturated carbocycles. The summed E-state index contributed by atoms with van der Waals surface area (Å²) in [4.78, 5) is 22.7. The van der Waals surface area contributed by atoms with Crippen molar-refractivity contribution in [3.8, 4) is 0 Å². The number of rotatable bonds is 3. The minimum Gasteiger partial charge on any atom is -0.310 e. The molecule has 0 bridgehead atoms. The van der Waals surface area contributed by atoms with Gasteiger partial charge in [0.25, 0.3) is 5.56 Å². The first-order chi connectivity index (χ1) is 8.15. The van der Waals surface area contributed by atoms with Crippen LogP contribution in [0.25, 0.3) is 0 Å². The number of nitrogens with one attached hydrogen (secondary N) is 1. The van der Waals surface area contributed by atoms with E-state index < -0.39 is 0 Å². The average molecular weight is 229 g/mol. The van der Waals surface area contributed by atoms with E-state index in [2.05, 4.69) is 15.0 Å². The summed E-state index contributed by atoms with van der Waals surface area (Å²) in [5, 5.41) is 0. The molecule has 0 spiro atoms. The molecule has 2 aromatic rings. The Kier molecular flexibility index (Phi) is 3.32. The zero-order valence-corrected chi connectivity index (χ0v) is 9.97. The van der Waals surface area contributed by atoms with Gasteiger partial charge in [-0.3, -0.25) is 9.78 Å². The normalized spacial score (nSPS) is 10.8. The summed E-state index contributed by atoms with van der Waals surface area (Å²) in [6.45, 7) is 4.01. The van der Waals surface area contributed by atoms with E-state index in [1.54, 1.807) is 18.5 Å². The van der Waals surface area contributed by atoms with Gasteiger partial charge in [-0.2, -0.15) is 0 Å². The number of hydrogen-bond acceptors (Lipinski definition) is 3. The van der Waals surface area contributed by atoms with Gasteiger partial charge >= 0.3 is 0 Å². The summed E-state index contributed by atoms with van der Waals surface area (Å²) in [5.74, 6) is 0.952. The minimum atomic E-state index is -0.0948. The van der Waals surface area contributed by atoms with Gasteiger partial charge in [0.2, 0.25) is 0 Å². The maximum Gasteiger partial charge on any atom is 0.251 e. The Labute approximate surface area is 99.8 Å². The Bertz CT molecular complexity index is 546. The summed E-state index contributed by atoms with van der Waals surface area (Å²) in [7, 11) is 0. The lowest BCUT2D eigenvalue weighted by Crippen LogP contribution is -2.14. The Morgan fingerprint density at radius 1 is 1.41 bits per heavy atom. The quantitative estimate of drug-likeness (QED) is 0.874. The van der Waals surface area contributed by atoms with Crippen LogP contribution in [0.2, 0.25) is 0 Å². The van der Waals surface area contributed by atoms with Crippen molar-refractivity contribution in [3.63, 3.8) is 0 Å². The van der Waals surface area contributed by atoms with E-state index in [9.17, 15) is 4.79 Å². The minimum absolute atomic E-state index is 0.0948. The SMILES string of the molecule is CC(C)c1nc(Cc2cccnc2)cc(=O)[nH]1. The predicted octanol–water partition coefficient (Wildman–Crippen LogP) is 1.88. The molecule has 0 amide bonds. The molecular weight excluding hydrogens is 214 g/mol. The molecule has 2 heterocycles. The van der Waals surface area contributed by atoms with Crippen molar-refractivity contribution in [1.82, 2.24) is 15.0 Å². The van der Waals surface area contributed by atoms with Crippen molar-refractivity contribution in [2.75, 3.05) is 0 Å². The van der Waals surface area contributed by atoms with Gasteiger partial charge in [-0.1, -0.05) is 19.9 Å². The third-order valence-corrected chi connectivity index (χ3v) is 2.47. The van der Waals surface area contributed by atoms with Gasteiger partial charge < -0.3 is 4.98 Å². The first-order valence-electron chi connectivity index (χ1n) is 5.64. The average Bonchev–Trinajstić information content (AvgIpc) is 2.29.